The molecule has 0 aliphatic carbocycles. The number of thiophene rings is 1. The van der Waals surface area contributed by atoms with Crippen LogP contribution in [0.3, 0.4) is 0 Å². The molecule has 3 heteroatoms. The summed E-state index contributed by atoms with van der Waals surface area (Å²) in [6.07, 6.45) is 0.794. The van der Waals surface area contributed by atoms with Crippen LogP contribution in [0.1, 0.15) is 33.1 Å². The molecule has 0 bridgehead atoms. The molecule has 4 aromatic rings. The van der Waals surface area contributed by atoms with Gasteiger partial charge in [0.15, 0.2) is 5.78 Å². The fraction of sp³-hybridized carbons (Fsp3) is 0.120. The Hall–Kier alpha value is -3.04. The third kappa shape index (κ3) is 3.08. The lowest BCUT2D eigenvalue weighted by Gasteiger charge is -2.18. The second-order valence-electron chi connectivity index (χ2n) is 7.15. The summed E-state index contributed by atoms with van der Waals surface area (Å²) >= 11 is 1.69. The quantitative estimate of drug-likeness (QED) is 0.391. The molecule has 3 aromatic carbocycles. The molecule has 1 aliphatic rings. The van der Waals surface area contributed by atoms with Crippen LogP contribution in [0.15, 0.2) is 95.3 Å². The number of Topliss-reactive ketones (excluding diaryl/α,β-unsaturated/α-hetero) is 1. The monoisotopic (exact) mass is 381 g/mol. The van der Waals surface area contributed by atoms with E-state index in [0.717, 1.165) is 22.6 Å². The van der Waals surface area contributed by atoms with E-state index in [-0.39, 0.29) is 17.7 Å². The molecule has 0 saturated heterocycles. The molecule has 0 N–H and O–H groups in total. The summed E-state index contributed by atoms with van der Waals surface area (Å²) in [7, 11) is 0. The summed E-state index contributed by atoms with van der Waals surface area (Å²) in [5.74, 6) is 0.166. The van der Waals surface area contributed by atoms with Gasteiger partial charge in [0.2, 0.25) is 0 Å². The molecule has 1 aliphatic heterocycles. The molecule has 2 atom stereocenters. The van der Waals surface area contributed by atoms with Gasteiger partial charge in [-0.2, -0.15) is 0 Å². The number of aliphatic imine (C=N–C) groups is 1. The number of nitrogens with zero attached hydrogens (tertiary/aromatic N) is 1. The van der Waals surface area contributed by atoms with Crippen LogP contribution in [0.2, 0.25) is 0 Å². The van der Waals surface area contributed by atoms with Gasteiger partial charge < -0.3 is 0 Å². The topological polar surface area (TPSA) is 29.4 Å². The predicted molar refractivity (Wildman–Crippen MR) is 117 cm³/mol. The summed E-state index contributed by atoms with van der Waals surface area (Å²) < 4.78 is 0. The molecular formula is C25H19NOS. The first-order valence-corrected chi connectivity index (χ1v) is 10.4. The van der Waals surface area contributed by atoms with E-state index in [1.54, 1.807) is 11.3 Å². The van der Waals surface area contributed by atoms with Gasteiger partial charge in [0.05, 0.1) is 5.71 Å². The average Bonchev–Trinajstić information content (AvgIpc) is 3.43. The van der Waals surface area contributed by atoms with Gasteiger partial charge in [-0.25, -0.2) is 0 Å². The van der Waals surface area contributed by atoms with Crippen LogP contribution >= 0.6 is 11.3 Å². The van der Waals surface area contributed by atoms with Gasteiger partial charge in [-0.15, -0.1) is 11.3 Å². The first kappa shape index (κ1) is 17.1. The SMILES string of the molecule is O=C(c1ccccc1)C1N=C(c2cccs2)CC1c1ccc2ccccc2c1. The molecule has 2 unspecified atom stereocenters. The van der Waals surface area contributed by atoms with Crippen LogP contribution < -0.4 is 0 Å². The van der Waals surface area contributed by atoms with Crippen LogP contribution in [-0.4, -0.2) is 17.5 Å². The maximum absolute atomic E-state index is 13.3. The van der Waals surface area contributed by atoms with Gasteiger partial charge in [-0.05, 0) is 27.8 Å². The maximum atomic E-state index is 13.3. The van der Waals surface area contributed by atoms with Gasteiger partial charge in [0.1, 0.15) is 6.04 Å². The largest absolute Gasteiger partial charge is 0.292 e. The minimum Gasteiger partial charge on any atom is -0.292 e. The predicted octanol–water partition coefficient (Wildman–Crippen LogP) is 6.13. The Bertz CT molecular complexity index is 1160. The molecule has 0 spiro atoms. The molecular weight excluding hydrogens is 362 g/mol. The maximum Gasteiger partial charge on any atom is 0.187 e. The van der Waals surface area contributed by atoms with Crippen molar-refractivity contribution in [3.8, 4) is 0 Å². The van der Waals surface area contributed by atoms with E-state index in [4.69, 9.17) is 4.99 Å². The fourth-order valence-corrected chi connectivity index (χ4v) is 4.72. The Kier molecular flexibility index (Phi) is 4.38. The Balaban J connectivity index is 1.57. The molecule has 2 heterocycles. The highest BCUT2D eigenvalue weighted by molar-refractivity contribution is 7.12. The molecule has 5 rings (SSSR count). The first-order valence-electron chi connectivity index (χ1n) is 9.48. The number of hydrogen-bond donors (Lipinski definition) is 0. The zero-order valence-electron chi connectivity index (χ0n) is 15.3. The van der Waals surface area contributed by atoms with Crippen LogP contribution in [0.4, 0.5) is 0 Å². The lowest BCUT2D eigenvalue weighted by atomic mass is 9.85. The van der Waals surface area contributed by atoms with Gasteiger partial charge in [-0.3, -0.25) is 9.79 Å². The zero-order chi connectivity index (χ0) is 18.9. The Morgan fingerprint density at radius 3 is 2.43 bits per heavy atom. The molecule has 0 saturated carbocycles. The molecule has 0 amide bonds. The zero-order valence-corrected chi connectivity index (χ0v) is 16.1. The Morgan fingerprint density at radius 2 is 1.64 bits per heavy atom. The lowest BCUT2D eigenvalue weighted by molar-refractivity contribution is 0.0955. The molecule has 0 fully saturated rings. The van der Waals surface area contributed by atoms with E-state index in [1.165, 1.54) is 16.3 Å². The summed E-state index contributed by atoms with van der Waals surface area (Å²) in [5.41, 5.74) is 2.96. The van der Waals surface area contributed by atoms with E-state index >= 15 is 0 Å². The van der Waals surface area contributed by atoms with E-state index in [2.05, 4.69) is 53.9 Å². The summed E-state index contributed by atoms with van der Waals surface area (Å²) in [6.45, 7) is 0. The Morgan fingerprint density at radius 1 is 0.857 bits per heavy atom. The number of carbonyl (C=O) groups excluding carboxylic acids is 1. The third-order valence-electron chi connectivity index (χ3n) is 5.42. The minimum absolute atomic E-state index is 0.0643. The number of fused-ring (bicyclic) bond motifs is 1. The molecule has 0 radical (unpaired) electrons. The number of benzene rings is 3. The first-order chi connectivity index (χ1) is 13.8. The molecule has 136 valence electrons. The van der Waals surface area contributed by atoms with E-state index in [0.29, 0.717) is 0 Å². The van der Waals surface area contributed by atoms with Crippen molar-refractivity contribution in [3.05, 3.63) is 106 Å². The number of rotatable bonds is 4. The van der Waals surface area contributed by atoms with Crippen molar-refractivity contribution in [1.82, 2.24) is 0 Å². The van der Waals surface area contributed by atoms with E-state index < -0.39 is 0 Å². The molecule has 28 heavy (non-hydrogen) atoms. The van der Waals surface area contributed by atoms with Crippen LogP contribution in [0.5, 0.6) is 0 Å². The highest BCUT2D eigenvalue weighted by atomic mass is 32.1. The molecule has 1 aromatic heterocycles. The van der Waals surface area contributed by atoms with E-state index in [9.17, 15) is 4.79 Å². The second-order valence-corrected chi connectivity index (χ2v) is 8.09. The van der Waals surface area contributed by atoms with Crippen LogP contribution in [0, 0.1) is 0 Å². The lowest BCUT2D eigenvalue weighted by Crippen LogP contribution is -2.23. The number of ketones is 1. The van der Waals surface area contributed by atoms with Crippen LogP contribution in [0.25, 0.3) is 10.8 Å². The highest BCUT2D eigenvalue weighted by Gasteiger charge is 2.36. The highest BCUT2D eigenvalue weighted by Crippen LogP contribution is 2.37. The summed E-state index contributed by atoms with van der Waals surface area (Å²) in [5, 5.41) is 4.49. The standard InChI is InChI=1S/C25H19NOS/c27-25(18-8-2-1-3-9-18)24-21(16-22(26-24)23-11-6-14-28-23)20-13-12-17-7-4-5-10-19(17)15-20/h1-15,21,24H,16H2. The van der Waals surface area contributed by atoms with Crippen molar-refractivity contribution < 1.29 is 4.79 Å². The van der Waals surface area contributed by atoms with Gasteiger partial charge >= 0.3 is 0 Å². The van der Waals surface area contributed by atoms with Crippen molar-refractivity contribution in [3.63, 3.8) is 0 Å². The number of hydrogen-bond acceptors (Lipinski definition) is 3. The Labute approximate surface area is 168 Å². The van der Waals surface area contributed by atoms with Crippen molar-refractivity contribution in [2.45, 2.75) is 18.4 Å². The second kappa shape index (κ2) is 7.17. The normalized spacial score (nSPS) is 18.9. The number of carbonyl (C=O) groups is 1. The fourth-order valence-electron chi connectivity index (χ4n) is 3.99. The van der Waals surface area contributed by atoms with Crippen molar-refractivity contribution >= 4 is 33.6 Å². The summed E-state index contributed by atoms with van der Waals surface area (Å²) in [4.78, 5) is 19.4. The van der Waals surface area contributed by atoms with Gasteiger partial charge in [-0.1, -0.05) is 78.9 Å². The van der Waals surface area contributed by atoms with Crippen molar-refractivity contribution in [2.75, 3.05) is 0 Å². The van der Waals surface area contributed by atoms with E-state index in [1.807, 2.05) is 36.4 Å². The smallest absolute Gasteiger partial charge is 0.187 e. The third-order valence-corrected chi connectivity index (χ3v) is 6.34. The summed E-state index contributed by atoms with van der Waals surface area (Å²) in [6, 6.07) is 28.2. The minimum atomic E-state index is -0.374. The van der Waals surface area contributed by atoms with Gasteiger partial charge in [0.25, 0.3) is 0 Å². The van der Waals surface area contributed by atoms with Gasteiger partial charge in [0, 0.05) is 22.8 Å². The van der Waals surface area contributed by atoms with Crippen LogP contribution in [-0.2, 0) is 0 Å². The van der Waals surface area contributed by atoms with Crippen molar-refractivity contribution in [2.24, 2.45) is 4.99 Å². The molecule has 2 nitrogen and oxygen atoms in total. The average molecular weight is 382 g/mol. The van der Waals surface area contributed by atoms with Crippen molar-refractivity contribution in [1.29, 1.82) is 0 Å².